The van der Waals surface area contributed by atoms with Crippen molar-refractivity contribution in [2.75, 3.05) is 5.73 Å². The van der Waals surface area contributed by atoms with Crippen LogP contribution in [0.3, 0.4) is 0 Å². The number of hydrogen-bond donors (Lipinski definition) is 4. The Labute approximate surface area is 104 Å². The van der Waals surface area contributed by atoms with E-state index in [0.717, 1.165) is 6.92 Å². The van der Waals surface area contributed by atoms with Gasteiger partial charge in [0.05, 0.1) is 4.90 Å². The van der Waals surface area contributed by atoms with Gasteiger partial charge >= 0.3 is 0 Å². The minimum atomic E-state index is -3.99. The van der Waals surface area contributed by atoms with Gasteiger partial charge in [-0.25, -0.2) is 8.42 Å². The maximum Gasteiger partial charge on any atom is 0.257 e. The van der Waals surface area contributed by atoms with Crippen LogP contribution in [0.25, 0.3) is 0 Å². The molecule has 0 radical (unpaired) electrons. The van der Waals surface area contributed by atoms with Gasteiger partial charge in [0.15, 0.2) is 0 Å². The molecule has 1 aromatic carbocycles. The first-order valence-corrected chi connectivity index (χ1v) is 6.25. The Kier molecular flexibility index (Phi) is 3.89. The van der Waals surface area contributed by atoms with Gasteiger partial charge in [0, 0.05) is 12.6 Å². The predicted molar refractivity (Wildman–Crippen MR) is 65.6 cm³/mol. The van der Waals surface area contributed by atoms with Crippen molar-refractivity contribution in [3.63, 3.8) is 0 Å². The van der Waals surface area contributed by atoms with Crippen molar-refractivity contribution >= 4 is 27.6 Å². The predicted octanol–water partition coefficient (Wildman–Crippen LogP) is -0.796. The molecule has 1 amide bonds. The number of rotatable bonds is 3. The molecule has 6 N–H and O–H groups in total. The fraction of sp³-hybridized carbons (Fsp3) is 0.111. The molecule has 18 heavy (non-hydrogen) atoms. The van der Waals surface area contributed by atoms with Gasteiger partial charge in [-0.3, -0.25) is 10.2 Å². The Morgan fingerprint density at radius 2 is 1.83 bits per heavy atom. The molecule has 98 valence electrons. The number of nitrogens with two attached hydrogens (primary N) is 2. The van der Waals surface area contributed by atoms with E-state index in [-0.39, 0.29) is 4.90 Å². The first kappa shape index (κ1) is 13.9. The molecule has 0 bridgehead atoms. The van der Waals surface area contributed by atoms with Crippen LogP contribution in [-0.4, -0.2) is 25.3 Å². The number of nitrogen functional groups attached to an aromatic ring is 1. The third-order valence-electron chi connectivity index (χ3n) is 1.96. The van der Waals surface area contributed by atoms with Crippen LogP contribution in [0, 0.1) is 5.41 Å². The Balaban J connectivity index is 3.04. The highest BCUT2D eigenvalue weighted by Crippen LogP contribution is 2.11. The Bertz CT molecular complexity index is 552. The summed E-state index contributed by atoms with van der Waals surface area (Å²) in [5, 5.41) is 7.52. The van der Waals surface area contributed by atoms with Gasteiger partial charge in [-0.15, -0.1) is 4.83 Å². The van der Waals surface area contributed by atoms with E-state index in [4.69, 9.17) is 16.9 Å². The van der Waals surface area contributed by atoms with Gasteiger partial charge in [-0.2, -0.15) is 5.01 Å². The topological polar surface area (TPSA) is 142 Å². The summed E-state index contributed by atoms with van der Waals surface area (Å²) in [4.78, 5) is 12.9. The Morgan fingerprint density at radius 3 is 2.22 bits per heavy atom. The summed E-state index contributed by atoms with van der Waals surface area (Å²) in [5.74, 6) is -1.44. The van der Waals surface area contributed by atoms with Gasteiger partial charge in [0.25, 0.3) is 10.0 Å². The molecule has 0 unspecified atom stereocenters. The standard InChI is InChI=1S/C9H13N5O3S/c1-6(15)14(9(11)12)13-18(16,17)8-4-2-7(10)3-5-8/h2-5,13H,10H2,1H3,(H3,11,12). The summed E-state index contributed by atoms with van der Waals surface area (Å²) in [6.45, 7) is 1.08. The summed E-state index contributed by atoms with van der Waals surface area (Å²) in [6.07, 6.45) is 0. The highest BCUT2D eigenvalue weighted by molar-refractivity contribution is 7.89. The van der Waals surface area contributed by atoms with Crippen LogP contribution in [-0.2, 0) is 14.8 Å². The lowest BCUT2D eigenvalue weighted by atomic mass is 10.3. The molecule has 0 saturated heterocycles. The van der Waals surface area contributed by atoms with E-state index in [1.807, 2.05) is 4.83 Å². The second-order valence-corrected chi connectivity index (χ2v) is 5.06. The first-order chi connectivity index (χ1) is 8.24. The van der Waals surface area contributed by atoms with E-state index in [1.54, 1.807) is 0 Å². The zero-order valence-electron chi connectivity index (χ0n) is 9.54. The monoisotopic (exact) mass is 271 g/mol. The number of carbonyl (C=O) groups excluding carboxylic acids is 1. The molecule has 0 spiro atoms. The molecular formula is C9H13N5O3S. The molecule has 9 heteroatoms. The van der Waals surface area contributed by atoms with E-state index >= 15 is 0 Å². The van der Waals surface area contributed by atoms with E-state index in [0.29, 0.717) is 10.7 Å². The van der Waals surface area contributed by atoms with Crippen molar-refractivity contribution < 1.29 is 13.2 Å². The van der Waals surface area contributed by atoms with Gasteiger partial charge in [0.1, 0.15) is 0 Å². The minimum Gasteiger partial charge on any atom is -0.399 e. The number of benzene rings is 1. The normalized spacial score (nSPS) is 10.9. The van der Waals surface area contributed by atoms with Crippen LogP contribution < -0.4 is 16.3 Å². The average molecular weight is 271 g/mol. The molecule has 8 nitrogen and oxygen atoms in total. The van der Waals surface area contributed by atoms with Crippen molar-refractivity contribution in [2.24, 2.45) is 5.73 Å². The smallest absolute Gasteiger partial charge is 0.257 e. The van der Waals surface area contributed by atoms with E-state index < -0.39 is 21.9 Å². The summed E-state index contributed by atoms with van der Waals surface area (Å²) >= 11 is 0. The SMILES string of the molecule is CC(=O)N(NS(=O)(=O)c1ccc(N)cc1)C(=N)N. The molecule has 0 fully saturated rings. The quantitative estimate of drug-likeness (QED) is 0.246. The van der Waals surface area contributed by atoms with Crippen LogP contribution in [0.5, 0.6) is 0 Å². The third-order valence-corrected chi connectivity index (χ3v) is 3.27. The number of nitrogens with zero attached hydrogens (tertiary/aromatic N) is 1. The maximum atomic E-state index is 11.9. The molecule has 0 saturated carbocycles. The Morgan fingerprint density at radius 1 is 1.33 bits per heavy atom. The average Bonchev–Trinajstić information content (AvgIpc) is 2.26. The van der Waals surface area contributed by atoms with Crippen molar-refractivity contribution in [1.82, 2.24) is 9.84 Å². The summed E-state index contributed by atoms with van der Waals surface area (Å²) < 4.78 is 23.7. The third kappa shape index (κ3) is 3.18. The molecule has 1 rings (SSSR count). The maximum absolute atomic E-state index is 11.9. The number of carbonyl (C=O) groups is 1. The number of hydrazine groups is 1. The number of amides is 1. The number of hydrogen-bond acceptors (Lipinski definition) is 5. The highest BCUT2D eigenvalue weighted by Gasteiger charge is 2.21. The molecule has 0 aliphatic rings. The lowest BCUT2D eigenvalue weighted by Gasteiger charge is -2.19. The molecule has 0 aromatic heterocycles. The second kappa shape index (κ2) is 5.02. The molecule has 0 aliphatic heterocycles. The molecule has 0 atom stereocenters. The Hall–Kier alpha value is -2.13. The number of anilines is 1. The van der Waals surface area contributed by atoms with Crippen molar-refractivity contribution in [3.8, 4) is 0 Å². The minimum absolute atomic E-state index is 0.0933. The lowest BCUT2D eigenvalue weighted by molar-refractivity contribution is -0.126. The highest BCUT2D eigenvalue weighted by atomic mass is 32.2. The van der Waals surface area contributed by atoms with Crippen LogP contribution in [0.2, 0.25) is 0 Å². The van der Waals surface area contributed by atoms with E-state index in [1.165, 1.54) is 24.3 Å². The van der Waals surface area contributed by atoms with E-state index in [9.17, 15) is 13.2 Å². The lowest BCUT2D eigenvalue weighted by Crippen LogP contribution is -2.51. The summed E-state index contributed by atoms with van der Waals surface area (Å²) in [7, 11) is -3.99. The number of nitrogens with one attached hydrogen (secondary N) is 2. The van der Waals surface area contributed by atoms with Crippen LogP contribution in [0.15, 0.2) is 29.2 Å². The van der Waals surface area contributed by atoms with Crippen LogP contribution in [0.1, 0.15) is 6.92 Å². The molecular weight excluding hydrogens is 258 g/mol. The zero-order chi connectivity index (χ0) is 13.9. The van der Waals surface area contributed by atoms with Gasteiger partial charge < -0.3 is 11.5 Å². The summed E-state index contributed by atoms with van der Waals surface area (Å²) in [6, 6.07) is 5.35. The molecule has 1 aromatic rings. The first-order valence-electron chi connectivity index (χ1n) is 4.77. The van der Waals surface area contributed by atoms with Crippen LogP contribution in [0.4, 0.5) is 5.69 Å². The largest absolute Gasteiger partial charge is 0.399 e. The number of guanidine groups is 1. The van der Waals surface area contributed by atoms with Crippen molar-refractivity contribution in [3.05, 3.63) is 24.3 Å². The van der Waals surface area contributed by atoms with Crippen molar-refractivity contribution in [1.29, 1.82) is 5.41 Å². The fourth-order valence-electron chi connectivity index (χ4n) is 1.10. The fourth-order valence-corrected chi connectivity index (χ4v) is 2.17. The molecule has 0 heterocycles. The molecule has 0 aliphatic carbocycles. The second-order valence-electron chi connectivity index (χ2n) is 3.40. The number of sulfonamides is 1. The van der Waals surface area contributed by atoms with Gasteiger partial charge in [0.2, 0.25) is 11.9 Å². The summed E-state index contributed by atoms with van der Waals surface area (Å²) in [5.41, 5.74) is 10.9. The van der Waals surface area contributed by atoms with E-state index in [2.05, 4.69) is 0 Å². The van der Waals surface area contributed by atoms with Crippen LogP contribution >= 0.6 is 0 Å². The van der Waals surface area contributed by atoms with Gasteiger partial charge in [-0.1, -0.05) is 0 Å². The zero-order valence-corrected chi connectivity index (χ0v) is 10.4. The van der Waals surface area contributed by atoms with Gasteiger partial charge in [-0.05, 0) is 24.3 Å². The van der Waals surface area contributed by atoms with Crippen molar-refractivity contribution in [2.45, 2.75) is 11.8 Å².